The van der Waals surface area contributed by atoms with Crippen molar-refractivity contribution in [3.05, 3.63) is 59.1 Å². The standard InChI is InChI=1S/C20H21ClN2O3/c1-14-13-23(17-8-4-5-9-18(17)26-14)20(25)11-10-19(24)22-12-15-6-2-3-7-16(15)21/h2-9,14H,10-13H2,1H3,(H,22,24)/t14-/m0/s1. The maximum absolute atomic E-state index is 12.6. The number of hydrogen-bond acceptors (Lipinski definition) is 3. The Hall–Kier alpha value is -2.53. The summed E-state index contributed by atoms with van der Waals surface area (Å²) in [7, 11) is 0. The predicted octanol–water partition coefficient (Wildman–Crippen LogP) is 3.55. The average Bonchev–Trinajstić information content (AvgIpc) is 2.64. The molecule has 0 saturated carbocycles. The lowest BCUT2D eigenvalue weighted by molar-refractivity contribution is -0.125. The van der Waals surface area contributed by atoms with Crippen LogP contribution in [0.25, 0.3) is 0 Å². The maximum Gasteiger partial charge on any atom is 0.227 e. The molecule has 0 bridgehead atoms. The zero-order valence-corrected chi connectivity index (χ0v) is 15.3. The highest BCUT2D eigenvalue weighted by Gasteiger charge is 2.27. The van der Waals surface area contributed by atoms with Gasteiger partial charge in [-0.3, -0.25) is 9.59 Å². The number of nitrogens with zero attached hydrogens (tertiary/aromatic N) is 1. The molecular formula is C20H21ClN2O3. The van der Waals surface area contributed by atoms with E-state index in [0.717, 1.165) is 11.3 Å². The molecular weight excluding hydrogens is 352 g/mol. The molecule has 3 rings (SSSR count). The number of carbonyl (C=O) groups excluding carboxylic acids is 2. The van der Waals surface area contributed by atoms with E-state index in [1.807, 2.05) is 49.4 Å². The zero-order chi connectivity index (χ0) is 18.5. The number of anilines is 1. The fraction of sp³-hybridized carbons (Fsp3) is 0.300. The summed E-state index contributed by atoms with van der Waals surface area (Å²) in [4.78, 5) is 26.4. The summed E-state index contributed by atoms with van der Waals surface area (Å²) >= 11 is 6.07. The molecule has 1 aliphatic heterocycles. The molecule has 5 nitrogen and oxygen atoms in total. The molecule has 6 heteroatoms. The smallest absolute Gasteiger partial charge is 0.227 e. The molecule has 0 aliphatic carbocycles. The van der Waals surface area contributed by atoms with Crippen molar-refractivity contribution in [2.45, 2.75) is 32.4 Å². The molecule has 0 saturated heterocycles. The zero-order valence-electron chi connectivity index (χ0n) is 14.6. The topological polar surface area (TPSA) is 58.6 Å². The van der Waals surface area contributed by atoms with Crippen molar-refractivity contribution in [1.29, 1.82) is 0 Å². The first-order valence-electron chi connectivity index (χ1n) is 8.61. The third-order valence-electron chi connectivity index (χ3n) is 4.22. The van der Waals surface area contributed by atoms with Crippen LogP contribution in [0.3, 0.4) is 0 Å². The van der Waals surface area contributed by atoms with Crippen molar-refractivity contribution < 1.29 is 14.3 Å². The molecule has 1 aliphatic rings. The van der Waals surface area contributed by atoms with E-state index in [1.54, 1.807) is 11.0 Å². The summed E-state index contributed by atoms with van der Waals surface area (Å²) in [6, 6.07) is 14.8. The summed E-state index contributed by atoms with van der Waals surface area (Å²) in [5, 5.41) is 3.42. The van der Waals surface area contributed by atoms with Gasteiger partial charge in [-0.1, -0.05) is 41.9 Å². The lowest BCUT2D eigenvalue weighted by Crippen LogP contribution is -2.42. The first-order valence-corrected chi connectivity index (χ1v) is 8.98. The minimum absolute atomic E-state index is 0.0806. The number of fused-ring (bicyclic) bond motifs is 1. The lowest BCUT2D eigenvalue weighted by atomic mass is 10.1. The summed E-state index contributed by atoms with van der Waals surface area (Å²) in [5.74, 6) is 0.441. The Balaban J connectivity index is 1.54. The first kappa shape index (κ1) is 18.3. The van der Waals surface area contributed by atoms with Crippen LogP contribution in [0, 0.1) is 0 Å². The average molecular weight is 373 g/mol. The Labute approximate surface area is 157 Å². The van der Waals surface area contributed by atoms with Crippen LogP contribution < -0.4 is 15.0 Å². The van der Waals surface area contributed by atoms with Gasteiger partial charge in [-0.2, -0.15) is 0 Å². The van der Waals surface area contributed by atoms with Crippen LogP contribution in [0.1, 0.15) is 25.3 Å². The number of ether oxygens (including phenoxy) is 1. The van der Waals surface area contributed by atoms with Crippen LogP contribution in [0.5, 0.6) is 5.75 Å². The number of amides is 2. The second kappa shape index (κ2) is 8.23. The van der Waals surface area contributed by atoms with Crippen LogP contribution in [-0.4, -0.2) is 24.5 Å². The number of benzene rings is 2. The van der Waals surface area contributed by atoms with Gasteiger partial charge in [0, 0.05) is 24.4 Å². The van der Waals surface area contributed by atoms with Gasteiger partial charge in [-0.25, -0.2) is 0 Å². The molecule has 1 N–H and O–H groups in total. The lowest BCUT2D eigenvalue weighted by Gasteiger charge is -2.33. The first-order chi connectivity index (χ1) is 12.5. The molecule has 0 aromatic heterocycles. The third-order valence-corrected chi connectivity index (χ3v) is 4.59. The molecule has 0 fully saturated rings. The van der Waals surface area contributed by atoms with Crippen molar-refractivity contribution in [2.75, 3.05) is 11.4 Å². The number of halogens is 1. The van der Waals surface area contributed by atoms with Crippen molar-refractivity contribution in [1.82, 2.24) is 5.32 Å². The van der Waals surface area contributed by atoms with Crippen molar-refractivity contribution in [3.8, 4) is 5.75 Å². The second-order valence-electron chi connectivity index (χ2n) is 6.27. The number of nitrogens with one attached hydrogen (secondary N) is 1. The van der Waals surface area contributed by atoms with E-state index in [-0.39, 0.29) is 30.8 Å². The van der Waals surface area contributed by atoms with E-state index in [0.29, 0.717) is 23.9 Å². The monoisotopic (exact) mass is 372 g/mol. The Kier molecular flexibility index (Phi) is 5.78. The molecule has 2 amide bonds. The van der Waals surface area contributed by atoms with E-state index in [1.165, 1.54) is 0 Å². The Morgan fingerprint density at radius 3 is 2.69 bits per heavy atom. The van der Waals surface area contributed by atoms with E-state index < -0.39 is 0 Å². The largest absolute Gasteiger partial charge is 0.487 e. The molecule has 0 spiro atoms. The molecule has 26 heavy (non-hydrogen) atoms. The van der Waals surface area contributed by atoms with Crippen molar-refractivity contribution >= 4 is 29.1 Å². The van der Waals surface area contributed by atoms with E-state index in [9.17, 15) is 9.59 Å². The molecule has 1 atom stereocenters. The van der Waals surface area contributed by atoms with Crippen LogP contribution in [0.15, 0.2) is 48.5 Å². The van der Waals surface area contributed by atoms with Gasteiger partial charge in [0.2, 0.25) is 11.8 Å². The highest BCUT2D eigenvalue weighted by Crippen LogP contribution is 2.33. The molecule has 0 unspecified atom stereocenters. The van der Waals surface area contributed by atoms with Gasteiger partial charge in [0.25, 0.3) is 0 Å². The second-order valence-corrected chi connectivity index (χ2v) is 6.68. The van der Waals surface area contributed by atoms with Gasteiger partial charge >= 0.3 is 0 Å². The molecule has 0 radical (unpaired) electrons. The summed E-state index contributed by atoms with van der Waals surface area (Å²) in [5.41, 5.74) is 1.61. The van der Waals surface area contributed by atoms with Crippen LogP contribution in [0.4, 0.5) is 5.69 Å². The van der Waals surface area contributed by atoms with E-state index in [2.05, 4.69) is 5.32 Å². The Morgan fingerprint density at radius 1 is 1.15 bits per heavy atom. The van der Waals surface area contributed by atoms with Crippen LogP contribution in [-0.2, 0) is 16.1 Å². The van der Waals surface area contributed by atoms with E-state index in [4.69, 9.17) is 16.3 Å². The van der Waals surface area contributed by atoms with Gasteiger partial charge in [-0.05, 0) is 30.7 Å². The summed E-state index contributed by atoms with van der Waals surface area (Å²) in [6.07, 6.45) is 0.204. The molecule has 2 aromatic rings. The summed E-state index contributed by atoms with van der Waals surface area (Å²) in [6.45, 7) is 2.76. The van der Waals surface area contributed by atoms with Crippen molar-refractivity contribution in [2.24, 2.45) is 0 Å². The minimum Gasteiger partial charge on any atom is -0.487 e. The molecule has 136 valence electrons. The fourth-order valence-electron chi connectivity index (χ4n) is 2.90. The minimum atomic E-state index is -0.173. The van der Waals surface area contributed by atoms with Gasteiger partial charge < -0.3 is 15.0 Å². The van der Waals surface area contributed by atoms with Gasteiger partial charge in [0.15, 0.2) is 0 Å². The Morgan fingerprint density at radius 2 is 1.88 bits per heavy atom. The Bertz CT molecular complexity index is 809. The third kappa shape index (κ3) is 4.35. The quantitative estimate of drug-likeness (QED) is 0.873. The summed E-state index contributed by atoms with van der Waals surface area (Å²) < 4.78 is 5.75. The van der Waals surface area contributed by atoms with Crippen LogP contribution in [0.2, 0.25) is 5.02 Å². The van der Waals surface area contributed by atoms with E-state index >= 15 is 0 Å². The SMILES string of the molecule is C[C@H]1CN(C(=O)CCC(=O)NCc2ccccc2Cl)c2ccccc2O1. The normalized spacial score (nSPS) is 15.8. The van der Waals surface area contributed by atoms with Gasteiger partial charge in [0.05, 0.1) is 12.2 Å². The number of rotatable bonds is 5. The fourth-order valence-corrected chi connectivity index (χ4v) is 3.11. The number of hydrogen-bond donors (Lipinski definition) is 1. The van der Waals surface area contributed by atoms with Gasteiger partial charge in [0.1, 0.15) is 11.9 Å². The molecule has 1 heterocycles. The predicted molar refractivity (Wildman–Crippen MR) is 101 cm³/mol. The highest BCUT2D eigenvalue weighted by molar-refractivity contribution is 6.31. The number of para-hydroxylation sites is 2. The maximum atomic E-state index is 12.6. The highest BCUT2D eigenvalue weighted by atomic mass is 35.5. The molecule has 2 aromatic carbocycles. The van der Waals surface area contributed by atoms with Crippen LogP contribution >= 0.6 is 11.6 Å². The number of carbonyl (C=O) groups is 2. The van der Waals surface area contributed by atoms with Gasteiger partial charge in [-0.15, -0.1) is 0 Å². The van der Waals surface area contributed by atoms with Crippen molar-refractivity contribution in [3.63, 3.8) is 0 Å².